The Morgan fingerprint density at radius 2 is 1.95 bits per heavy atom. The summed E-state index contributed by atoms with van der Waals surface area (Å²) in [6.45, 7) is 12.6. The van der Waals surface area contributed by atoms with Crippen molar-refractivity contribution in [3.05, 3.63) is 65.2 Å². The second-order valence-electron chi connectivity index (χ2n) is 10.7. The number of rotatable bonds is 8. The summed E-state index contributed by atoms with van der Waals surface area (Å²) < 4.78 is 11.7. The molecule has 1 N–H and O–H groups in total. The van der Waals surface area contributed by atoms with Crippen molar-refractivity contribution in [1.82, 2.24) is 25.2 Å². The van der Waals surface area contributed by atoms with Crippen LogP contribution in [0.25, 0.3) is 5.70 Å². The van der Waals surface area contributed by atoms with E-state index >= 15 is 0 Å². The van der Waals surface area contributed by atoms with Crippen LogP contribution in [-0.2, 0) is 22.1 Å². The zero-order valence-corrected chi connectivity index (χ0v) is 24.0. The lowest BCUT2D eigenvalue weighted by atomic mass is 10.0. The van der Waals surface area contributed by atoms with Crippen LogP contribution in [0, 0.1) is 12.8 Å². The molecule has 1 unspecified atom stereocenters. The first-order valence-electron chi connectivity index (χ1n) is 13.4. The smallest absolute Gasteiger partial charge is 0.295 e. The van der Waals surface area contributed by atoms with Crippen molar-refractivity contribution in [2.75, 3.05) is 6.26 Å². The Labute approximate surface area is 232 Å². The maximum absolute atomic E-state index is 13.9. The van der Waals surface area contributed by atoms with E-state index in [9.17, 15) is 9.00 Å². The molecule has 3 fully saturated rings. The third-order valence-electron chi connectivity index (χ3n) is 7.42. The van der Waals surface area contributed by atoms with E-state index in [4.69, 9.17) is 4.99 Å². The van der Waals surface area contributed by atoms with Gasteiger partial charge in [0.2, 0.25) is 0 Å². The number of pyridine rings is 1. The Bertz CT molecular complexity index is 1430. The highest BCUT2D eigenvalue weighted by molar-refractivity contribution is 7.84. The van der Waals surface area contributed by atoms with Gasteiger partial charge in [-0.3, -0.25) is 23.9 Å². The molecule has 0 spiro atoms. The molecule has 2 aliphatic carbocycles. The topological polar surface area (TPSA) is 113 Å². The number of hydrogen-bond donors (Lipinski definition) is 1. The molecular weight excluding hydrogens is 510 g/mol. The molecule has 5 rings (SSSR count). The molecule has 1 aliphatic heterocycles. The van der Waals surface area contributed by atoms with Crippen molar-refractivity contribution in [2.24, 2.45) is 15.9 Å². The van der Waals surface area contributed by atoms with Gasteiger partial charge in [-0.1, -0.05) is 6.58 Å². The first-order valence-corrected chi connectivity index (χ1v) is 14.9. The Kier molecular flexibility index (Phi) is 7.57. The molecule has 10 heteroatoms. The van der Waals surface area contributed by atoms with Gasteiger partial charge in [-0.15, -0.1) is 0 Å². The molecule has 1 amide bonds. The molecule has 2 atom stereocenters. The number of piperazine rings is 1. The van der Waals surface area contributed by atoms with E-state index in [1.807, 2.05) is 20.8 Å². The van der Waals surface area contributed by atoms with E-state index in [0.29, 0.717) is 34.0 Å². The van der Waals surface area contributed by atoms with Crippen LogP contribution in [0.4, 0.5) is 0 Å². The molecule has 2 saturated carbocycles. The Balaban J connectivity index is 1.52. The maximum Gasteiger partial charge on any atom is 0.295 e. The molecule has 2 aromatic heterocycles. The Morgan fingerprint density at radius 1 is 1.21 bits per heavy atom. The average Bonchev–Trinajstić information content (AvgIpc) is 3.81. The van der Waals surface area contributed by atoms with Crippen molar-refractivity contribution in [3.63, 3.8) is 0 Å². The number of aromatic nitrogens is 3. The molecule has 0 bridgehead atoms. The minimum Gasteiger partial charge on any atom is -0.333 e. The zero-order valence-electron chi connectivity index (χ0n) is 23.2. The van der Waals surface area contributed by atoms with Gasteiger partial charge in [-0.2, -0.15) is 0 Å². The number of carbonyl (C=O) groups is 1. The van der Waals surface area contributed by atoms with Gasteiger partial charge in [-0.25, -0.2) is 15.0 Å². The van der Waals surface area contributed by atoms with E-state index in [0.717, 1.165) is 53.9 Å². The van der Waals surface area contributed by atoms with Crippen LogP contribution in [-0.4, -0.2) is 53.9 Å². The summed E-state index contributed by atoms with van der Waals surface area (Å²) in [5.74, 6) is 1.42. The zero-order chi connectivity index (χ0) is 27.8. The van der Waals surface area contributed by atoms with Crippen molar-refractivity contribution in [3.8, 4) is 0 Å². The van der Waals surface area contributed by atoms with Gasteiger partial charge in [0.1, 0.15) is 6.33 Å². The van der Waals surface area contributed by atoms with Crippen molar-refractivity contribution in [2.45, 2.75) is 76.8 Å². The van der Waals surface area contributed by atoms with Crippen LogP contribution in [0.5, 0.6) is 0 Å². The molecule has 3 heterocycles. The fourth-order valence-corrected chi connectivity index (χ4v) is 5.29. The molecule has 0 radical (unpaired) electrons. The highest BCUT2D eigenvalue weighted by Crippen LogP contribution is 2.43. The number of amides is 1. The molecule has 204 valence electrons. The number of aryl methyl sites for hydroxylation is 1. The average molecular weight is 546 g/mol. The SMILES string of the molecule is C=C(N=C1C(=C(C)C)NC(=NCc2ccc(S(C)=O)cn2)C(=O)N1[C@@H](C)C1CC1)c1c(C)ncnc1C1CC1. The molecule has 39 heavy (non-hydrogen) atoms. The van der Waals surface area contributed by atoms with Crippen molar-refractivity contribution >= 4 is 34.1 Å². The van der Waals surface area contributed by atoms with Gasteiger partial charge in [0.25, 0.3) is 5.91 Å². The molecule has 0 aromatic carbocycles. The largest absolute Gasteiger partial charge is 0.333 e. The van der Waals surface area contributed by atoms with Gasteiger partial charge in [0, 0.05) is 30.0 Å². The molecule has 9 nitrogen and oxygen atoms in total. The van der Waals surface area contributed by atoms with E-state index < -0.39 is 10.8 Å². The van der Waals surface area contributed by atoms with Crippen molar-refractivity contribution < 1.29 is 9.00 Å². The van der Waals surface area contributed by atoms with Gasteiger partial charge < -0.3 is 5.32 Å². The fourth-order valence-electron chi connectivity index (χ4n) is 4.82. The third-order valence-corrected chi connectivity index (χ3v) is 8.32. The summed E-state index contributed by atoms with van der Waals surface area (Å²) >= 11 is 0. The van der Waals surface area contributed by atoms with E-state index in [-0.39, 0.29) is 24.3 Å². The van der Waals surface area contributed by atoms with Gasteiger partial charge in [0.15, 0.2) is 11.7 Å². The van der Waals surface area contributed by atoms with E-state index in [2.05, 4.69) is 38.8 Å². The lowest BCUT2D eigenvalue weighted by Gasteiger charge is -2.37. The van der Waals surface area contributed by atoms with Gasteiger partial charge in [-0.05, 0) is 77.0 Å². The summed E-state index contributed by atoms with van der Waals surface area (Å²) in [4.78, 5) is 39.4. The lowest BCUT2D eigenvalue weighted by Crippen LogP contribution is -2.58. The fraction of sp³-hybridized carbons (Fsp3) is 0.448. The quantitative estimate of drug-likeness (QED) is 0.530. The Hall–Kier alpha value is -3.53. The first-order chi connectivity index (χ1) is 18.7. The summed E-state index contributed by atoms with van der Waals surface area (Å²) in [6, 6.07) is 3.52. The van der Waals surface area contributed by atoms with Crippen LogP contribution < -0.4 is 5.32 Å². The predicted octanol–water partition coefficient (Wildman–Crippen LogP) is 4.29. The van der Waals surface area contributed by atoms with Crippen molar-refractivity contribution in [1.29, 1.82) is 0 Å². The van der Waals surface area contributed by atoms with Crippen LogP contribution in [0.15, 0.2) is 57.4 Å². The monoisotopic (exact) mass is 545 g/mol. The van der Waals surface area contributed by atoms with Crippen LogP contribution in [0.3, 0.4) is 0 Å². The first kappa shape index (κ1) is 27.1. The third kappa shape index (κ3) is 5.75. The van der Waals surface area contributed by atoms with Gasteiger partial charge in [0.05, 0.1) is 50.7 Å². The van der Waals surface area contributed by atoms with Crippen LogP contribution in [0.1, 0.15) is 75.0 Å². The standard InChI is InChI=1S/C29H35N7O2S/c1-16(2)25-28(34-18(4)24-17(3)32-15-33-26(24)21-9-10-21)36(19(5)20-7-8-20)29(37)27(35-25)31-13-22-11-12-23(14-30-22)39(6)38/h11-12,14-15,19-21H,4,7-10,13H2,1-3,5-6H3,(H,31,35)/t19-,39?/m0/s1. The number of hydrogen-bond acceptors (Lipinski definition) is 7. The highest BCUT2D eigenvalue weighted by Gasteiger charge is 2.42. The number of carbonyl (C=O) groups excluding carboxylic acids is 1. The predicted molar refractivity (Wildman–Crippen MR) is 153 cm³/mol. The summed E-state index contributed by atoms with van der Waals surface area (Å²) in [7, 11) is -1.10. The molecule has 2 aromatic rings. The molecule has 3 aliphatic rings. The summed E-state index contributed by atoms with van der Waals surface area (Å²) in [5.41, 5.74) is 5.66. The Morgan fingerprint density at radius 3 is 2.54 bits per heavy atom. The van der Waals surface area contributed by atoms with Crippen LogP contribution >= 0.6 is 0 Å². The van der Waals surface area contributed by atoms with Crippen LogP contribution in [0.2, 0.25) is 0 Å². The minimum absolute atomic E-state index is 0.0429. The number of nitrogens with one attached hydrogen (secondary N) is 1. The van der Waals surface area contributed by atoms with Gasteiger partial charge >= 0.3 is 0 Å². The number of allylic oxidation sites excluding steroid dienone is 1. The lowest BCUT2D eigenvalue weighted by molar-refractivity contribution is -0.122. The molecular formula is C29H35N7O2S. The summed E-state index contributed by atoms with van der Waals surface area (Å²) in [6.07, 6.45) is 9.17. The summed E-state index contributed by atoms with van der Waals surface area (Å²) in [5, 5.41) is 3.28. The maximum atomic E-state index is 13.9. The molecule has 1 saturated heterocycles. The second-order valence-corrected chi connectivity index (χ2v) is 12.1. The van der Waals surface area contributed by atoms with E-state index in [1.54, 1.807) is 35.8 Å². The highest BCUT2D eigenvalue weighted by atomic mass is 32.2. The number of amidine groups is 2. The second kappa shape index (κ2) is 10.9. The minimum atomic E-state index is -1.10. The number of nitrogens with zero attached hydrogens (tertiary/aromatic N) is 6. The van der Waals surface area contributed by atoms with E-state index in [1.165, 1.54) is 0 Å². The normalized spacial score (nSPS) is 21.2. The number of aliphatic imine (C=N–C) groups is 2.